The van der Waals surface area contributed by atoms with Gasteiger partial charge in [0, 0.05) is 0 Å². The zero-order valence-electron chi connectivity index (χ0n) is 8.40. The third-order valence-corrected chi connectivity index (χ3v) is 2.36. The molecule has 1 aliphatic heterocycles. The molecule has 75 valence electrons. The van der Waals surface area contributed by atoms with Gasteiger partial charge < -0.3 is 9.47 Å². The number of hydrogen-bond acceptors (Lipinski definition) is 2. The summed E-state index contributed by atoms with van der Waals surface area (Å²) in [6.45, 7) is 2.85. The third-order valence-electron chi connectivity index (χ3n) is 2.36. The summed E-state index contributed by atoms with van der Waals surface area (Å²) in [6.07, 6.45) is 3.09. The standard InChI is InChI=1S/C12H15O2/c1-2-6-11-12(14-11)9-13-10-7-4-3-5-8-10/h4-5,7-8,11-12H,2,6,9H2,1H3. The zero-order valence-corrected chi connectivity index (χ0v) is 8.40. The van der Waals surface area contributed by atoms with Crippen molar-refractivity contribution in [3.05, 3.63) is 30.3 Å². The van der Waals surface area contributed by atoms with E-state index in [0.717, 1.165) is 12.2 Å². The molecule has 14 heavy (non-hydrogen) atoms. The van der Waals surface area contributed by atoms with Gasteiger partial charge in [-0.3, -0.25) is 0 Å². The summed E-state index contributed by atoms with van der Waals surface area (Å²) in [6, 6.07) is 10.5. The fraction of sp³-hybridized carbons (Fsp3) is 0.500. The van der Waals surface area contributed by atoms with Crippen LogP contribution in [0.15, 0.2) is 24.3 Å². The van der Waals surface area contributed by atoms with Gasteiger partial charge in [-0.2, -0.15) is 0 Å². The Hall–Kier alpha value is -1.02. The maximum Gasteiger partial charge on any atom is 0.119 e. The topological polar surface area (TPSA) is 21.8 Å². The van der Waals surface area contributed by atoms with Crippen LogP contribution in [-0.2, 0) is 4.74 Å². The minimum Gasteiger partial charge on any atom is -0.491 e. The molecule has 1 aliphatic rings. The Kier molecular flexibility index (Phi) is 3.04. The van der Waals surface area contributed by atoms with Gasteiger partial charge in [-0.25, -0.2) is 0 Å². The van der Waals surface area contributed by atoms with Gasteiger partial charge >= 0.3 is 0 Å². The number of epoxide rings is 1. The Balaban J connectivity index is 1.70. The summed E-state index contributed by atoms with van der Waals surface area (Å²) in [5.41, 5.74) is 0. The molecule has 1 aromatic carbocycles. The van der Waals surface area contributed by atoms with Crippen molar-refractivity contribution in [2.24, 2.45) is 0 Å². The molecule has 0 saturated carbocycles. The predicted molar refractivity (Wildman–Crippen MR) is 54.3 cm³/mol. The molecule has 1 saturated heterocycles. The Morgan fingerprint density at radius 3 is 2.86 bits per heavy atom. The van der Waals surface area contributed by atoms with Gasteiger partial charge in [-0.15, -0.1) is 0 Å². The summed E-state index contributed by atoms with van der Waals surface area (Å²) >= 11 is 0. The van der Waals surface area contributed by atoms with E-state index in [2.05, 4.69) is 13.0 Å². The van der Waals surface area contributed by atoms with Crippen LogP contribution in [0.3, 0.4) is 0 Å². The second-order valence-corrected chi connectivity index (χ2v) is 3.55. The van der Waals surface area contributed by atoms with Gasteiger partial charge in [-0.1, -0.05) is 25.5 Å². The van der Waals surface area contributed by atoms with Gasteiger partial charge in [-0.05, 0) is 24.6 Å². The van der Waals surface area contributed by atoms with Gasteiger partial charge in [0.05, 0.1) is 6.10 Å². The first-order valence-electron chi connectivity index (χ1n) is 5.14. The van der Waals surface area contributed by atoms with E-state index in [1.54, 1.807) is 0 Å². The largest absolute Gasteiger partial charge is 0.491 e. The van der Waals surface area contributed by atoms with Crippen LogP contribution in [0.4, 0.5) is 0 Å². The molecule has 0 aromatic heterocycles. The van der Waals surface area contributed by atoms with Gasteiger partial charge in [0.1, 0.15) is 18.5 Å². The van der Waals surface area contributed by atoms with Crippen molar-refractivity contribution in [1.82, 2.24) is 0 Å². The van der Waals surface area contributed by atoms with Crippen LogP contribution >= 0.6 is 0 Å². The Morgan fingerprint density at radius 1 is 1.36 bits per heavy atom. The van der Waals surface area contributed by atoms with Crippen molar-refractivity contribution in [2.45, 2.75) is 32.0 Å². The molecular formula is C12H15O2. The number of hydrogen-bond donors (Lipinski definition) is 0. The molecule has 2 atom stereocenters. The van der Waals surface area contributed by atoms with Crippen molar-refractivity contribution in [1.29, 1.82) is 0 Å². The van der Waals surface area contributed by atoms with Gasteiger partial charge in [0.25, 0.3) is 0 Å². The Morgan fingerprint density at radius 2 is 2.14 bits per heavy atom. The van der Waals surface area contributed by atoms with Gasteiger partial charge in [0.2, 0.25) is 0 Å². The summed E-state index contributed by atoms with van der Waals surface area (Å²) in [4.78, 5) is 0. The molecule has 0 amide bonds. The van der Waals surface area contributed by atoms with Crippen LogP contribution < -0.4 is 4.74 Å². The van der Waals surface area contributed by atoms with Crippen LogP contribution in [0.1, 0.15) is 19.8 Å². The van der Waals surface area contributed by atoms with E-state index >= 15 is 0 Å². The molecular weight excluding hydrogens is 176 g/mol. The van der Waals surface area contributed by atoms with Crippen LogP contribution in [0, 0.1) is 6.07 Å². The lowest BCUT2D eigenvalue weighted by atomic mass is 10.2. The molecule has 1 radical (unpaired) electrons. The van der Waals surface area contributed by atoms with E-state index in [0.29, 0.717) is 18.8 Å². The van der Waals surface area contributed by atoms with Crippen LogP contribution in [-0.4, -0.2) is 18.8 Å². The highest BCUT2D eigenvalue weighted by Gasteiger charge is 2.38. The molecule has 2 nitrogen and oxygen atoms in total. The van der Waals surface area contributed by atoms with E-state index in [-0.39, 0.29) is 0 Å². The van der Waals surface area contributed by atoms with Crippen molar-refractivity contribution >= 4 is 0 Å². The van der Waals surface area contributed by atoms with Crippen molar-refractivity contribution in [3.63, 3.8) is 0 Å². The van der Waals surface area contributed by atoms with Crippen molar-refractivity contribution < 1.29 is 9.47 Å². The monoisotopic (exact) mass is 191 g/mol. The molecule has 1 heterocycles. The molecule has 1 aromatic rings. The van der Waals surface area contributed by atoms with Crippen LogP contribution in [0.2, 0.25) is 0 Å². The minimum atomic E-state index is 0.319. The van der Waals surface area contributed by atoms with Crippen LogP contribution in [0.5, 0.6) is 5.75 Å². The summed E-state index contributed by atoms with van der Waals surface area (Å²) in [5, 5.41) is 0. The first-order valence-corrected chi connectivity index (χ1v) is 5.14. The average molecular weight is 191 g/mol. The third kappa shape index (κ3) is 2.48. The van der Waals surface area contributed by atoms with E-state index in [4.69, 9.17) is 9.47 Å². The highest BCUT2D eigenvalue weighted by Crippen LogP contribution is 2.27. The fourth-order valence-electron chi connectivity index (χ4n) is 1.51. The zero-order chi connectivity index (χ0) is 9.80. The smallest absolute Gasteiger partial charge is 0.119 e. The lowest BCUT2D eigenvalue weighted by Gasteiger charge is -2.02. The van der Waals surface area contributed by atoms with Gasteiger partial charge in [0.15, 0.2) is 0 Å². The summed E-state index contributed by atoms with van der Waals surface area (Å²) in [5.74, 6) is 0.898. The summed E-state index contributed by atoms with van der Waals surface area (Å²) in [7, 11) is 0. The molecule has 2 rings (SSSR count). The fourth-order valence-corrected chi connectivity index (χ4v) is 1.51. The quantitative estimate of drug-likeness (QED) is 0.667. The molecule has 0 N–H and O–H groups in total. The first kappa shape index (κ1) is 9.53. The van der Waals surface area contributed by atoms with E-state index in [1.165, 1.54) is 6.42 Å². The number of ether oxygens (including phenoxy) is 2. The SMILES string of the molecule is CCCC1OC1COc1cc[c]cc1. The highest BCUT2D eigenvalue weighted by atomic mass is 16.6. The number of benzene rings is 1. The normalized spacial score (nSPS) is 24.6. The second-order valence-electron chi connectivity index (χ2n) is 3.55. The van der Waals surface area contributed by atoms with E-state index in [1.807, 2.05) is 24.3 Å². The Labute approximate surface area is 84.8 Å². The van der Waals surface area contributed by atoms with E-state index in [9.17, 15) is 0 Å². The molecule has 2 unspecified atom stereocenters. The maximum absolute atomic E-state index is 5.56. The first-order chi connectivity index (χ1) is 6.90. The number of rotatable bonds is 5. The lowest BCUT2D eigenvalue weighted by molar-refractivity contribution is 0.259. The Bertz CT molecular complexity index is 271. The van der Waals surface area contributed by atoms with Crippen molar-refractivity contribution in [2.75, 3.05) is 6.61 Å². The lowest BCUT2D eigenvalue weighted by Crippen LogP contribution is -2.07. The molecule has 0 spiro atoms. The maximum atomic E-state index is 5.56. The molecule has 2 heteroatoms. The molecule has 1 fully saturated rings. The summed E-state index contributed by atoms with van der Waals surface area (Å²) < 4.78 is 11.0. The van der Waals surface area contributed by atoms with Crippen LogP contribution in [0.25, 0.3) is 0 Å². The average Bonchev–Trinajstić information content (AvgIpc) is 2.96. The highest BCUT2D eigenvalue weighted by molar-refractivity contribution is 5.20. The molecule has 0 bridgehead atoms. The second kappa shape index (κ2) is 4.47. The van der Waals surface area contributed by atoms with E-state index < -0.39 is 0 Å². The van der Waals surface area contributed by atoms with Crippen molar-refractivity contribution in [3.8, 4) is 5.75 Å². The minimum absolute atomic E-state index is 0.319. The predicted octanol–water partition coefficient (Wildman–Crippen LogP) is 2.43. The molecule has 0 aliphatic carbocycles.